The van der Waals surface area contributed by atoms with E-state index in [1.807, 2.05) is 0 Å². The molecular weight excluding hydrogens is 192 g/mol. The normalized spacial score (nSPS) is 28.1. The zero-order valence-corrected chi connectivity index (χ0v) is 9.09. The summed E-state index contributed by atoms with van der Waals surface area (Å²) >= 11 is 1.77. The van der Waals surface area contributed by atoms with Crippen molar-refractivity contribution in [1.82, 2.24) is 4.90 Å². The SMILES string of the molecule is c1cc(NC2CCN(C3CC3)C2)cs1. The fraction of sp³-hybridized carbons (Fsp3) is 0.636. The van der Waals surface area contributed by atoms with Crippen LogP contribution in [0.4, 0.5) is 5.69 Å². The quantitative estimate of drug-likeness (QED) is 0.820. The lowest BCUT2D eigenvalue weighted by molar-refractivity contribution is 0.326. The highest BCUT2D eigenvalue weighted by Crippen LogP contribution is 2.30. The lowest BCUT2D eigenvalue weighted by Gasteiger charge is -2.15. The van der Waals surface area contributed by atoms with E-state index in [1.165, 1.54) is 38.0 Å². The minimum Gasteiger partial charge on any atom is -0.380 e. The van der Waals surface area contributed by atoms with Crippen molar-refractivity contribution >= 4 is 17.0 Å². The molecule has 2 fully saturated rings. The molecule has 0 amide bonds. The Labute approximate surface area is 88.9 Å². The van der Waals surface area contributed by atoms with Crippen LogP contribution in [0.5, 0.6) is 0 Å². The maximum Gasteiger partial charge on any atom is 0.0451 e. The zero-order valence-electron chi connectivity index (χ0n) is 8.28. The Bertz CT molecular complexity index is 292. The number of anilines is 1. The molecule has 0 spiro atoms. The largest absolute Gasteiger partial charge is 0.380 e. The molecule has 0 bridgehead atoms. The number of hydrogen-bond donors (Lipinski definition) is 1. The molecule has 0 aromatic carbocycles. The van der Waals surface area contributed by atoms with E-state index < -0.39 is 0 Å². The second kappa shape index (κ2) is 3.55. The van der Waals surface area contributed by atoms with Gasteiger partial charge in [-0.05, 0) is 30.7 Å². The summed E-state index contributed by atoms with van der Waals surface area (Å²) < 4.78 is 0. The topological polar surface area (TPSA) is 15.3 Å². The van der Waals surface area contributed by atoms with E-state index in [1.54, 1.807) is 11.3 Å². The van der Waals surface area contributed by atoms with Crippen LogP contribution in [0.3, 0.4) is 0 Å². The van der Waals surface area contributed by atoms with Gasteiger partial charge in [-0.2, -0.15) is 11.3 Å². The van der Waals surface area contributed by atoms with Gasteiger partial charge in [0.2, 0.25) is 0 Å². The fourth-order valence-electron chi connectivity index (χ4n) is 2.26. The van der Waals surface area contributed by atoms with Gasteiger partial charge in [-0.25, -0.2) is 0 Å². The summed E-state index contributed by atoms with van der Waals surface area (Å²) in [6.07, 6.45) is 4.18. The Kier molecular flexibility index (Phi) is 2.22. The van der Waals surface area contributed by atoms with Crippen molar-refractivity contribution < 1.29 is 0 Å². The minimum absolute atomic E-state index is 0.685. The molecule has 3 rings (SSSR count). The van der Waals surface area contributed by atoms with Gasteiger partial charge in [0.05, 0.1) is 0 Å². The van der Waals surface area contributed by atoms with E-state index in [-0.39, 0.29) is 0 Å². The molecule has 0 radical (unpaired) electrons. The number of thiophene rings is 1. The van der Waals surface area contributed by atoms with Crippen molar-refractivity contribution in [3.63, 3.8) is 0 Å². The highest BCUT2D eigenvalue weighted by molar-refractivity contribution is 7.08. The van der Waals surface area contributed by atoms with E-state index in [4.69, 9.17) is 0 Å². The molecule has 2 nitrogen and oxygen atoms in total. The first kappa shape index (κ1) is 8.74. The smallest absolute Gasteiger partial charge is 0.0451 e. The van der Waals surface area contributed by atoms with Crippen LogP contribution < -0.4 is 5.32 Å². The van der Waals surface area contributed by atoms with Crippen molar-refractivity contribution in [3.8, 4) is 0 Å². The average molecular weight is 208 g/mol. The van der Waals surface area contributed by atoms with Gasteiger partial charge in [0.15, 0.2) is 0 Å². The van der Waals surface area contributed by atoms with Crippen LogP contribution in [0, 0.1) is 0 Å². The van der Waals surface area contributed by atoms with Crippen molar-refractivity contribution in [2.45, 2.75) is 31.3 Å². The summed E-state index contributed by atoms with van der Waals surface area (Å²) in [4.78, 5) is 2.64. The molecule has 76 valence electrons. The molecule has 1 aromatic heterocycles. The second-order valence-corrected chi connectivity index (χ2v) is 5.15. The van der Waals surface area contributed by atoms with Gasteiger partial charge in [0.1, 0.15) is 0 Å². The highest BCUT2D eigenvalue weighted by Gasteiger charge is 2.34. The third-order valence-corrected chi connectivity index (χ3v) is 3.86. The first-order valence-electron chi connectivity index (χ1n) is 5.44. The van der Waals surface area contributed by atoms with Gasteiger partial charge in [-0.1, -0.05) is 0 Å². The van der Waals surface area contributed by atoms with Gasteiger partial charge in [-0.3, -0.25) is 4.90 Å². The van der Waals surface area contributed by atoms with Crippen molar-refractivity contribution in [2.24, 2.45) is 0 Å². The van der Waals surface area contributed by atoms with E-state index in [0.29, 0.717) is 6.04 Å². The summed E-state index contributed by atoms with van der Waals surface area (Å²) in [7, 11) is 0. The maximum atomic E-state index is 3.60. The van der Waals surface area contributed by atoms with Crippen LogP contribution >= 0.6 is 11.3 Å². The van der Waals surface area contributed by atoms with Gasteiger partial charge >= 0.3 is 0 Å². The van der Waals surface area contributed by atoms with Crippen molar-refractivity contribution in [2.75, 3.05) is 18.4 Å². The molecule has 14 heavy (non-hydrogen) atoms. The summed E-state index contributed by atoms with van der Waals surface area (Å²) in [5, 5.41) is 7.93. The number of hydrogen-bond acceptors (Lipinski definition) is 3. The predicted octanol–water partition coefficient (Wildman–Crippen LogP) is 2.40. The molecule has 2 aliphatic rings. The Hall–Kier alpha value is -0.540. The van der Waals surface area contributed by atoms with Crippen LogP contribution in [-0.2, 0) is 0 Å². The number of likely N-dealkylation sites (tertiary alicyclic amines) is 1. The Morgan fingerprint density at radius 2 is 2.29 bits per heavy atom. The van der Waals surface area contributed by atoms with Gasteiger partial charge in [0, 0.05) is 36.2 Å². The van der Waals surface area contributed by atoms with Crippen LogP contribution in [0.15, 0.2) is 16.8 Å². The average Bonchev–Trinajstić information content (AvgIpc) is 2.75. The van der Waals surface area contributed by atoms with Gasteiger partial charge < -0.3 is 5.32 Å². The fourth-order valence-corrected chi connectivity index (χ4v) is 2.86. The van der Waals surface area contributed by atoms with Crippen LogP contribution in [0.1, 0.15) is 19.3 Å². The zero-order chi connectivity index (χ0) is 9.38. The molecule has 1 unspecified atom stereocenters. The summed E-state index contributed by atoms with van der Waals surface area (Å²) in [6.45, 7) is 2.55. The van der Waals surface area contributed by atoms with E-state index in [2.05, 4.69) is 27.0 Å². The molecule has 1 saturated carbocycles. The third kappa shape index (κ3) is 1.79. The molecule has 1 atom stereocenters. The Morgan fingerprint density at radius 1 is 1.36 bits per heavy atom. The van der Waals surface area contributed by atoms with Crippen LogP contribution in [0.25, 0.3) is 0 Å². The first-order valence-corrected chi connectivity index (χ1v) is 6.39. The highest BCUT2D eigenvalue weighted by atomic mass is 32.1. The molecule has 1 N–H and O–H groups in total. The molecule has 1 aromatic rings. The number of nitrogens with one attached hydrogen (secondary N) is 1. The lowest BCUT2D eigenvalue weighted by atomic mass is 10.2. The van der Waals surface area contributed by atoms with Crippen LogP contribution in [0.2, 0.25) is 0 Å². The number of nitrogens with zero attached hydrogens (tertiary/aromatic N) is 1. The van der Waals surface area contributed by atoms with Gasteiger partial charge in [0.25, 0.3) is 0 Å². The van der Waals surface area contributed by atoms with E-state index in [0.717, 1.165) is 6.04 Å². The molecule has 1 saturated heterocycles. The number of rotatable bonds is 3. The Balaban J connectivity index is 1.55. The standard InChI is InChI=1S/C11H16N2S/c1-2-11(1)13-5-3-9(7-13)12-10-4-6-14-8-10/h4,6,8-9,11-12H,1-3,5,7H2. The summed E-state index contributed by atoms with van der Waals surface area (Å²) in [6, 6.07) is 3.79. The molecule has 3 heteroatoms. The third-order valence-electron chi connectivity index (χ3n) is 3.17. The van der Waals surface area contributed by atoms with Gasteiger partial charge in [-0.15, -0.1) is 0 Å². The Morgan fingerprint density at radius 3 is 3.00 bits per heavy atom. The minimum atomic E-state index is 0.685. The molecular formula is C11H16N2S. The molecule has 1 aliphatic heterocycles. The van der Waals surface area contributed by atoms with Crippen molar-refractivity contribution in [3.05, 3.63) is 16.8 Å². The first-order chi connectivity index (χ1) is 6.92. The molecule has 1 aliphatic carbocycles. The van der Waals surface area contributed by atoms with Crippen molar-refractivity contribution in [1.29, 1.82) is 0 Å². The van der Waals surface area contributed by atoms with Crippen LogP contribution in [-0.4, -0.2) is 30.1 Å². The lowest BCUT2D eigenvalue weighted by Crippen LogP contribution is -2.27. The maximum absolute atomic E-state index is 3.60. The van der Waals surface area contributed by atoms with E-state index >= 15 is 0 Å². The molecule has 2 heterocycles. The monoisotopic (exact) mass is 208 g/mol. The predicted molar refractivity (Wildman–Crippen MR) is 60.9 cm³/mol. The van der Waals surface area contributed by atoms with E-state index in [9.17, 15) is 0 Å². The summed E-state index contributed by atoms with van der Waals surface area (Å²) in [5.74, 6) is 0. The summed E-state index contributed by atoms with van der Waals surface area (Å²) in [5.41, 5.74) is 1.30. The second-order valence-electron chi connectivity index (χ2n) is 4.37.